The quantitative estimate of drug-likeness (QED) is 0.883. The van der Waals surface area contributed by atoms with E-state index in [-0.39, 0.29) is 0 Å². The lowest BCUT2D eigenvalue weighted by atomic mass is 10.3. The fraction of sp³-hybridized carbons (Fsp3) is 0.250. The van der Waals surface area contributed by atoms with E-state index in [1.165, 1.54) is 0 Å². The van der Waals surface area contributed by atoms with Crippen LogP contribution in [0.5, 0.6) is 5.75 Å². The number of nitrogens with two attached hydrogens (primary N) is 1. The van der Waals surface area contributed by atoms with E-state index in [2.05, 4.69) is 21.0 Å². The van der Waals surface area contributed by atoms with Gasteiger partial charge in [0.1, 0.15) is 12.4 Å². The van der Waals surface area contributed by atoms with Gasteiger partial charge in [0, 0.05) is 22.8 Å². The number of rotatable bonds is 4. The largest absolute Gasteiger partial charge is 0.487 e. The fourth-order valence-corrected chi connectivity index (χ4v) is 1.84. The van der Waals surface area contributed by atoms with Crippen molar-refractivity contribution in [3.05, 3.63) is 40.6 Å². The molecule has 0 unspecified atom stereocenters. The Kier molecular flexibility index (Phi) is 3.68. The van der Waals surface area contributed by atoms with Crippen molar-refractivity contribution >= 4 is 21.6 Å². The Balaban J connectivity index is 2.02. The van der Waals surface area contributed by atoms with Gasteiger partial charge >= 0.3 is 0 Å². The van der Waals surface area contributed by atoms with E-state index < -0.39 is 0 Å². The van der Waals surface area contributed by atoms with Gasteiger partial charge in [0.25, 0.3) is 0 Å². The second kappa shape index (κ2) is 5.23. The van der Waals surface area contributed by atoms with Gasteiger partial charge in [-0.3, -0.25) is 4.68 Å². The maximum absolute atomic E-state index is 5.84. The van der Waals surface area contributed by atoms with Crippen molar-refractivity contribution in [2.45, 2.75) is 20.1 Å². The Bertz CT molecular complexity index is 510. The third-order valence-electron chi connectivity index (χ3n) is 2.38. The maximum atomic E-state index is 5.84. The van der Waals surface area contributed by atoms with Crippen LogP contribution in [-0.4, -0.2) is 9.78 Å². The molecule has 0 aliphatic rings. The van der Waals surface area contributed by atoms with Gasteiger partial charge in [0.15, 0.2) is 0 Å². The van der Waals surface area contributed by atoms with Gasteiger partial charge in [-0.25, -0.2) is 0 Å². The summed E-state index contributed by atoms with van der Waals surface area (Å²) in [5, 5.41) is 4.18. The normalized spacial score (nSPS) is 10.5. The number of ether oxygens (including phenoxy) is 1. The highest BCUT2D eigenvalue weighted by Gasteiger charge is 2.03. The number of aromatic nitrogens is 2. The first-order valence-corrected chi connectivity index (χ1v) is 6.17. The summed E-state index contributed by atoms with van der Waals surface area (Å²) < 4.78 is 8.45. The van der Waals surface area contributed by atoms with Crippen LogP contribution < -0.4 is 10.5 Å². The number of anilines is 1. The molecule has 0 aliphatic carbocycles. The topological polar surface area (TPSA) is 53.1 Å². The van der Waals surface area contributed by atoms with Gasteiger partial charge in [-0.15, -0.1) is 0 Å². The average molecular weight is 296 g/mol. The van der Waals surface area contributed by atoms with E-state index in [0.29, 0.717) is 18.0 Å². The molecule has 0 fully saturated rings. The summed E-state index contributed by atoms with van der Waals surface area (Å²) in [7, 11) is 0. The molecule has 2 rings (SSSR count). The lowest BCUT2D eigenvalue weighted by Crippen LogP contribution is -1.98. The molecule has 0 saturated heterocycles. The van der Waals surface area contributed by atoms with E-state index in [1.807, 2.05) is 36.0 Å². The van der Waals surface area contributed by atoms with Crippen molar-refractivity contribution in [2.24, 2.45) is 0 Å². The summed E-state index contributed by atoms with van der Waals surface area (Å²) in [4.78, 5) is 0. The van der Waals surface area contributed by atoms with E-state index in [4.69, 9.17) is 10.5 Å². The monoisotopic (exact) mass is 295 g/mol. The van der Waals surface area contributed by atoms with E-state index >= 15 is 0 Å². The first kappa shape index (κ1) is 12.0. The minimum Gasteiger partial charge on any atom is -0.487 e. The highest BCUT2D eigenvalue weighted by molar-refractivity contribution is 9.10. The standard InChI is InChI=1S/C12H14BrN3O/c1-2-16-7-9(6-15-16)8-17-12-4-3-10(13)5-11(12)14/h3-7H,2,8,14H2,1H3. The summed E-state index contributed by atoms with van der Waals surface area (Å²) in [6.45, 7) is 3.39. The van der Waals surface area contributed by atoms with Gasteiger partial charge in [0.05, 0.1) is 11.9 Å². The zero-order chi connectivity index (χ0) is 12.3. The van der Waals surface area contributed by atoms with Crippen LogP contribution in [0.3, 0.4) is 0 Å². The number of halogens is 1. The van der Waals surface area contributed by atoms with Crippen LogP contribution in [-0.2, 0) is 13.2 Å². The van der Waals surface area contributed by atoms with Gasteiger partial charge in [-0.05, 0) is 25.1 Å². The number of aryl methyl sites for hydroxylation is 1. The highest BCUT2D eigenvalue weighted by atomic mass is 79.9. The molecule has 0 aliphatic heterocycles. The molecule has 90 valence electrons. The number of benzene rings is 1. The minimum atomic E-state index is 0.478. The summed E-state index contributed by atoms with van der Waals surface area (Å²) in [6, 6.07) is 5.58. The molecule has 0 bridgehead atoms. The predicted octanol–water partition coefficient (Wildman–Crippen LogP) is 2.83. The molecule has 0 spiro atoms. The molecule has 2 aromatic rings. The molecule has 1 heterocycles. The fourth-order valence-electron chi connectivity index (χ4n) is 1.47. The van der Waals surface area contributed by atoms with Crippen molar-refractivity contribution in [2.75, 3.05) is 5.73 Å². The lowest BCUT2D eigenvalue weighted by Gasteiger charge is -2.07. The van der Waals surface area contributed by atoms with Crippen LogP contribution in [0.2, 0.25) is 0 Å². The van der Waals surface area contributed by atoms with Crippen LogP contribution in [0.1, 0.15) is 12.5 Å². The summed E-state index contributed by atoms with van der Waals surface area (Å²) in [6.07, 6.45) is 3.77. The SMILES string of the molecule is CCn1cc(COc2ccc(Br)cc2N)cn1. The van der Waals surface area contributed by atoms with Gasteiger partial charge in [-0.2, -0.15) is 5.10 Å². The van der Waals surface area contributed by atoms with Gasteiger partial charge < -0.3 is 10.5 Å². The molecule has 2 N–H and O–H groups in total. The van der Waals surface area contributed by atoms with E-state index in [9.17, 15) is 0 Å². The Morgan fingerprint density at radius 2 is 2.29 bits per heavy atom. The number of hydrogen-bond acceptors (Lipinski definition) is 3. The molecule has 0 amide bonds. The first-order valence-electron chi connectivity index (χ1n) is 5.38. The van der Waals surface area contributed by atoms with Crippen molar-refractivity contribution in [1.29, 1.82) is 0 Å². The lowest BCUT2D eigenvalue weighted by molar-refractivity contribution is 0.308. The van der Waals surface area contributed by atoms with Crippen LogP contribution in [0.15, 0.2) is 35.1 Å². The molecule has 0 atom stereocenters. The molecular weight excluding hydrogens is 282 g/mol. The molecule has 0 radical (unpaired) electrons. The second-order valence-corrected chi connectivity index (χ2v) is 4.59. The van der Waals surface area contributed by atoms with Crippen LogP contribution in [0.4, 0.5) is 5.69 Å². The van der Waals surface area contributed by atoms with Crippen molar-refractivity contribution < 1.29 is 4.74 Å². The van der Waals surface area contributed by atoms with E-state index in [0.717, 1.165) is 16.6 Å². The van der Waals surface area contributed by atoms with Crippen LogP contribution in [0, 0.1) is 0 Å². The highest BCUT2D eigenvalue weighted by Crippen LogP contribution is 2.25. The summed E-state index contributed by atoms with van der Waals surface area (Å²) >= 11 is 3.36. The zero-order valence-electron chi connectivity index (χ0n) is 9.56. The molecule has 5 heteroatoms. The van der Waals surface area contributed by atoms with Crippen LogP contribution >= 0.6 is 15.9 Å². The van der Waals surface area contributed by atoms with Gasteiger partial charge in [0.2, 0.25) is 0 Å². The molecule has 4 nitrogen and oxygen atoms in total. The molecular formula is C12H14BrN3O. The number of nitrogens with zero attached hydrogens (tertiary/aromatic N) is 2. The first-order chi connectivity index (χ1) is 8.19. The van der Waals surface area contributed by atoms with Crippen LogP contribution in [0.25, 0.3) is 0 Å². The second-order valence-electron chi connectivity index (χ2n) is 3.68. The maximum Gasteiger partial charge on any atom is 0.142 e. The Labute approximate surface area is 109 Å². The molecule has 1 aromatic heterocycles. The van der Waals surface area contributed by atoms with E-state index in [1.54, 1.807) is 6.20 Å². The smallest absolute Gasteiger partial charge is 0.142 e. The Morgan fingerprint density at radius 1 is 1.47 bits per heavy atom. The minimum absolute atomic E-state index is 0.478. The van der Waals surface area contributed by atoms with Crippen molar-refractivity contribution in [3.8, 4) is 5.75 Å². The summed E-state index contributed by atoms with van der Waals surface area (Å²) in [5.74, 6) is 0.692. The number of nitrogen functional groups attached to an aromatic ring is 1. The Hall–Kier alpha value is -1.49. The van der Waals surface area contributed by atoms with Crippen molar-refractivity contribution in [3.63, 3.8) is 0 Å². The van der Waals surface area contributed by atoms with Crippen molar-refractivity contribution in [1.82, 2.24) is 9.78 Å². The molecule has 0 saturated carbocycles. The third kappa shape index (κ3) is 3.00. The predicted molar refractivity (Wildman–Crippen MR) is 70.8 cm³/mol. The Morgan fingerprint density at radius 3 is 2.94 bits per heavy atom. The molecule has 17 heavy (non-hydrogen) atoms. The average Bonchev–Trinajstić information content (AvgIpc) is 2.76. The third-order valence-corrected chi connectivity index (χ3v) is 2.87. The zero-order valence-corrected chi connectivity index (χ0v) is 11.1. The summed E-state index contributed by atoms with van der Waals surface area (Å²) in [5.41, 5.74) is 7.50. The van der Waals surface area contributed by atoms with Gasteiger partial charge in [-0.1, -0.05) is 15.9 Å². The number of hydrogen-bond donors (Lipinski definition) is 1. The molecule has 1 aromatic carbocycles.